The zero-order valence-electron chi connectivity index (χ0n) is 16.0. The molecule has 0 radical (unpaired) electrons. The molecule has 2 aromatic carbocycles. The Kier molecular flexibility index (Phi) is 7.38. The second kappa shape index (κ2) is 9.53. The molecule has 0 fully saturated rings. The maximum Gasteiger partial charge on any atom is 0.240 e. The van der Waals surface area contributed by atoms with E-state index in [2.05, 4.69) is 10.0 Å². The molecule has 0 unspecified atom stereocenters. The van der Waals surface area contributed by atoms with Crippen molar-refractivity contribution in [3.8, 4) is 0 Å². The first-order valence-electron chi connectivity index (χ1n) is 8.89. The lowest BCUT2D eigenvalue weighted by atomic mass is 10.2. The summed E-state index contributed by atoms with van der Waals surface area (Å²) in [6.07, 6.45) is 0.0964. The topological polar surface area (TPSA) is 78.5 Å². The Bertz CT molecular complexity index is 867. The molecule has 2 aromatic rings. The van der Waals surface area contributed by atoms with Crippen LogP contribution in [0.3, 0.4) is 0 Å². The molecule has 6 nitrogen and oxygen atoms in total. The van der Waals surface area contributed by atoms with E-state index in [1.54, 1.807) is 19.1 Å². The van der Waals surface area contributed by atoms with Crippen LogP contribution in [0, 0.1) is 13.8 Å². The van der Waals surface area contributed by atoms with Gasteiger partial charge in [-0.1, -0.05) is 30.3 Å². The first-order chi connectivity index (χ1) is 12.8. The molecule has 2 rings (SSSR count). The summed E-state index contributed by atoms with van der Waals surface area (Å²) in [5, 5.41) is 2.81. The molecule has 146 valence electrons. The van der Waals surface area contributed by atoms with Crippen LogP contribution in [-0.2, 0) is 14.8 Å². The highest BCUT2D eigenvalue weighted by Crippen LogP contribution is 2.16. The summed E-state index contributed by atoms with van der Waals surface area (Å²) in [5.41, 5.74) is 2.63. The fourth-order valence-electron chi connectivity index (χ4n) is 2.64. The van der Waals surface area contributed by atoms with Crippen LogP contribution in [0.2, 0.25) is 0 Å². The van der Waals surface area contributed by atoms with Crippen molar-refractivity contribution in [2.45, 2.75) is 25.2 Å². The molecular weight excluding hydrogens is 362 g/mol. The van der Waals surface area contributed by atoms with Crippen molar-refractivity contribution in [1.29, 1.82) is 0 Å². The van der Waals surface area contributed by atoms with E-state index in [4.69, 9.17) is 0 Å². The second-order valence-electron chi connectivity index (χ2n) is 6.52. The Labute approximate surface area is 161 Å². The third kappa shape index (κ3) is 6.37. The monoisotopic (exact) mass is 389 g/mol. The molecule has 2 N–H and O–H groups in total. The number of carbonyl (C=O) groups excluding carboxylic acids is 1. The largest absolute Gasteiger partial charge is 0.373 e. The number of nitrogens with zero attached hydrogens (tertiary/aromatic N) is 1. The average Bonchev–Trinajstić information content (AvgIpc) is 2.64. The van der Waals surface area contributed by atoms with Crippen LogP contribution in [-0.4, -0.2) is 41.0 Å². The van der Waals surface area contributed by atoms with Gasteiger partial charge in [-0.2, -0.15) is 0 Å². The van der Waals surface area contributed by atoms with E-state index in [9.17, 15) is 13.2 Å². The third-order valence-corrected chi connectivity index (χ3v) is 5.85. The highest BCUT2D eigenvalue weighted by Gasteiger charge is 2.16. The number of anilines is 1. The van der Waals surface area contributed by atoms with Gasteiger partial charge in [-0.05, 0) is 43.2 Å². The second-order valence-corrected chi connectivity index (χ2v) is 8.26. The van der Waals surface area contributed by atoms with Crippen molar-refractivity contribution < 1.29 is 13.2 Å². The Morgan fingerprint density at radius 1 is 1.04 bits per heavy atom. The first kappa shape index (κ1) is 20.9. The lowest BCUT2D eigenvalue weighted by Gasteiger charge is -2.19. The summed E-state index contributed by atoms with van der Waals surface area (Å²) < 4.78 is 27.3. The highest BCUT2D eigenvalue weighted by molar-refractivity contribution is 7.89. The fourth-order valence-corrected chi connectivity index (χ4v) is 4.00. The molecule has 7 heteroatoms. The quantitative estimate of drug-likeness (QED) is 0.689. The smallest absolute Gasteiger partial charge is 0.240 e. The minimum atomic E-state index is -3.62. The van der Waals surface area contributed by atoms with Gasteiger partial charge >= 0.3 is 0 Å². The molecule has 0 aliphatic carbocycles. The Balaban J connectivity index is 1.75. The predicted molar refractivity (Wildman–Crippen MR) is 108 cm³/mol. The Hall–Kier alpha value is -2.38. The number of amides is 1. The molecule has 0 aromatic heterocycles. The van der Waals surface area contributed by atoms with Gasteiger partial charge in [0.1, 0.15) is 0 Å². The minimum Gasteiger partial charge on any atom is -0.373 e. The number of nitrogens with one attached hydrogen (secondary N) is 2. The van der Waals surface area contributed by atoms with Crippen molar-refractivity contribution in [1.82, 2.24) is 10.0 Å². The number of carbonyl (C=O) groups is 1. The van der Waals surface area contributed by atoms with Crippen LogP contribution in [0.1, 0.15) is 17.5 Å². The van der Waals surface area contributed by atoms with E-state index in [0.29, 0.717) is 18.7 Å². The lowest BCUT2D eigenvalue weighted by molar-refractivity contribution is -0.120. The molecule has 0 bridgehead atoms. The fraction of sp³-hybridized carbons (Fsp3) is 0.350. The van der Waals surface area contributed by atoms with Gasteiger partial charge in [0.05, 0.1) is 4.90 Å². The van der Waals surface area contributed by atoms with Gasteiger partial charge in [0.2, 0.25) is 15.9 Å². The van der Waals surface area contributed by atoms with Crippen molar-refractivity contribution in [2.24, 2.45) is 0 Å². The van der Waals surface area contributed by atoms with Crippen LogP contribution >= 0.6 is 0 Å². The zero-order valence-corrected chi connectivity index (χ0v) is 16.8. The Morgan fingerprint density at radius 3 is 2.44 bits per heavy atom. The van der Waals surface area contributed by atoms with Gasteiger partial charge in [0.15, 0.2) is 0 Å². The zero-order chi connectivity index (χ0) is 19.9. The normalized spacial score (nSPS) is 11.2. The van der Waals surface area contributed by atoms with Crippen molar-refractivity contribution in [3.63, 3.8) is 0 Å². The van der Waals surface area contributed by atoms with Gasteiger partial charge in [0, 0.05) is 38.8 Å². The highest BCUT2D eigenvalue weighted by atomic mass is 32.2. The summed E-state index contributed by atoms with van der Waals surface area (Å²) in [6.45, 7) is 4.83. The number of hydrogen-bond acceptors (Lipinski definition) is 4. The van der Waals surface area contributed by atoms with E-state index in [1.807, 2.05) is 55.3 Å². The first-order valence-corrected chi connectivity index (χ1v) is 10.4. The maximum atomic E-state index is 12.4. The molecule has 0 aliphatic heterocycles. The third-order valence-electron chi connectivity index (χ3n) is 4.24. The molecule has 0 heterocycles. The van der Waals surface area contributed by atoms with E-state index in [0.717, 1.165) is 11.3 Å². The predicted octanol–water partition coefficient (Wildman–Crippen LogP) is 2.22. The minimum absolute atomic E-state index is 0.0655. The number of hydrogen-bond donors (Lipinski definition) is 2. The Morgan fingerprint density at radius 2 is 1.74 bits per heavy atom. The molecule has 0 saturated carbocycles. The van der Waals surface area contributed by atoms with Crippen LogP contribution in [0.25, 0.3) is 0 Å². The number of aryl methyl sites for hydroxylation is 2. The SMILES string of the molecule is Cc1ccc(C)c(S(=O)(=O)NCCC(=O)NCCN(C)c2ccccc2)c1. The molecular formula is C20H27N3O3S. The summed E-state index contributed by atoms with van der Waals surface area (Å²) >= 11 is 0. The number of sulfonamides is 1. The van der Waals surface area contributed by atoms with Crippen molar-refractivity contribution in [2.75, 3.05) is 31.6 Å². The number of benzene rings is 2. The molecule has 0 spiro atoms. The number of rotatable bonds is 9. The lowest BCUT2D eigenvalue weighted by Crippen LogP contribution is -2.35. The van der Waals surface area contributed by atoms with Gasteiger partial charge < -0.3 is 10.2 Å². The molecule has 27 heavy (non-hydrogen) atoms. The molecule has 0 aliphatic rings. The van der Waals surface area contributed by atoms with Crippen LogP contribution in [0.15, 0.2) is 53.4 Å². The van der Waals surface area contributed by atoms with Crippen LogP contribution < -0.4 is 14.9 Å². The van der Waals surface area contributed by atoms with Gasteiger partial charge in [-0.25, -0.2) is 13.1 Å². The standard InChI is InChI=1S/C20H27N3O3S/c1-16-9-10-17(2)19(15-16)27(25,26)22-12-11-20(24)21-13-14-23(3)18-7-5-4-6-8-18/h4-10,15,22H,11-14H2,1-3H3,(H,21,24). The maximum absolute atomic E-state index is 12.4. The van der Waals surface area contributed by atoms with E-state index >= 15 is 0 Å². The van der Waals surface area contributed by atoms with E-state index < -0.39 is 10.0 Å². The van der Waals surface area contributed by atoms with Gasteiger partial charge in [-0.3, -0.25) is 4.79 Å². The van der Waals surface area contributed by atoms with E-state index in [1.165, 1.54) is 0 Å². The van der Waals surface area contributed by atoms with Crippen molar-refractivity contribution >= 4 is 21.6 Å². The summed E-state index contributed by atoms with van der Waals surface area (Å²) in [6, 6.07) is 15.2. The summed E-state index contributed by atoms with van der Waals surface area (Å²) in [4.78, 5) is 14.2. The van der Waals surface area contributed by atoms with Crippen molar-refractivity contribution in [3.05, 3.63) is 59.7 Å². The van der Waals surface area contributed by atoms with Gasteiger partial charge in [0.25, 0.3) is 0 Å². The summed E-state index contributed by atoms with van der Waals surface area (Å²) in [7, 11) is -1.66. The number of likely N-dealkylation sites (N-methyl/N-ethyl adjacent to an activating group) is 1. The average molecular weight is 390 g/mol. The number of para-hydroxylation sites is 1. The van der Waals surface area contributed by atoms with E-state index in [-0.39, 0.29) is 23.8 Å². The van der Waals surface area contributed by atoms with Crippen LogP contribution in [0.5, 0.6) is 0 Å². The molecule has 0 atom stereocenters. The molecule has 1 amide bonds. The summed E-state index contributed by atoms with van der Waals surface area (Å²) in [5.74, 6) is -0.180. The molecule has 0 saturated heterocycles. The van der Waals surface area contributed by atoms with Gasteiger partial charge in [-0.15, -0.1) is 0 Å². The van der Waals surface area contributed by atoms with Crippen LogP contribution in [0.4, 0.5) is 5.69 Å².